The first kappa shape index (κ1) is 14.3. The Morgan fingerprint density at radius 2 is 1.79 bits per heavy atom. The quantitative estimate of drug-likeness (QED) is 0.568. The van der Waals surface area contributed by atoms with Gasteiger partial charge in [0.25, 0.3) is 5.89 Å². The van der Waals surface area contributed by atoms with Gasteiger partial charge in [-0.05, 0) is 36.8 Å². The Hall–Kier alpha value is -3.34. The van der Waals surface area contributed by atoms with Crippen molar-refractivity contribution < 1.29 is 4.52 Å². The van der Waals surface area contributed by atoms with Crippen LogP contribution in [0.15, 0.2) is 71.6 Å². The highest BCUT2D eigenvalue weighted by Crippen LogP contribution is 2.25. The van der Waals surface area contributed by atoms with E-state index in [1.165, 1.54) is 0 Å². The lowest BCUT2D eigenvalue weighted by molar-refractivity contribution is 0.432. The summed E-state index contributed by atoms with van der Waals surface area (Å²) in [6.45, 7) is 2.02. The van der Waals surface area contributed by atoms with Crippen LogP contribution in [-0.2, 0) is 0 Å². The van der Waals surface area contributed by atoms with Gasteiger partial charge in [0.15, 0.2) is 0 Å². The van der Waals surface area contributed by atoms with Gasteiger partial charge in [-0.25, -0.2) is 0 Å². The second-order valence-corrected chi connectivity index (χ2v) is 5.41. The molecule has 0 amide bonds. The minimum atomic E-state index is 0.457. The molecule has 0 radical (unpaired) electrons. The average Bonchev–Trinajstić information content (AvgIpc) is 3.13. The number of hydrogen-bond donors (Lipinski definition) is 0. The van der Waals surface area contributed by atoms with Crippen molar-refractivity contribution in [2.45, 2.75) is 6.92 Å². The van der Waals surface area contributed by atoms with Crippen LogP contribution in [-0.4, -0.2) is 20.1 Å². The molecule has 24 heavy (non-hydrogen) atoms. The van der Waals surface area contributed by atoms with E-state index in [0.717, 1.165) is 27.9 Å². The Labute approximate surface area is 139 Å². The summed E-state index contributed by atoms with van der Waals surface area (Å²) in [7, 11) is 0. The number of benzene rings is 1. The van der Waals surface area contributed by atoms with E-state index in [9.17, 15) is 0 Å². The zero-order chi connectivity index (χ0) is 16.4. The molecule has 0 fully saturated rings. The van der Waals surface area contributed by atoms with E-state index in [1.807, 2.05) is 55.5 Å². The highest BCUT2D eigenvalue weighted by molar-refractivity contribution is 5.64. The van der Waals surface area contributed by atoms with Gasteiger partial charge in [-0.3, -0.25) is 9.97 Å². The van der Waals surface area contributed by atoms with E-state index in [0.29, 0.717) is 11.7 Å². The fourth-order valence-corrected chi connectivity index (χ4v) is 2.48. The molecule has 116 valence electrons. The molecule has 3 heterocycles. The number of rotatable bonds is 3. The summed E-state index contributed by atoms with van der Waals surface area (Å²) >= 11 is 0. The van der Waals surface area contributed by atoms with Crippen molar-refractivity contribution in [2.75, 3.05) is 0 Å². The van der Waals surface area contributed by atoms with Crippen molar-refractivity contribution >= 4 is 0 Å². The van der Waals surface area contributed by atoms with Crippen molar-refractivity contribution in [1.82, 2.24) is 20.1 Å². The Morgan fingerprint density at radius 3 is 2.54 bits per heavy atom. The summed E-state index contributed by atoms with van der Waals surface area (Å²) in [5.41, 5.74) is 4.68. The Bertz CT molecular complexity index is 962. The minimum Gasteiger partial charge on any atom is -0.334 e. The lowest BCUT2D eigenvalue weighted by Gasteiger charge is -2.00. The molecule has 0 saturated heterocycles. The van der Waals surface area contributed by atoms with E-state index in [4.69, 9.17) is 4.52 Å². The van der Waals surface area contributed by atoms with Gasteiger partial charge in [0.2, 0.25) is 5.82 Å². The fraction of sp³-hybridized carbons (Fsp3) is 0.0526. The van der Waals surface area contributed by atoms with E-state index in [2.05, 4.69) is 20.1 Å². The van der Waals surface area contributed by atoms with Gasteiger partial charge in [0.05, 0.1) is 11.3 Å². The molecular weight excluding hydrogens is 300 g/mol. The Balaban J connectivity index is 1.65. The maximum absolute atomic E-state index is 5.39. The van der Waals surface area contributed by atoms with Crippen LogP contribution in [0, 0.1) is 6.92 Å². The monoisotopic (exact) mass is 314 g/mol. The summed E-state index contributed by atoms with van der Waals surface area (Å²) in [4.78, 5) is 13.0. The van der Waals surface area contributed by atoms with Gasteiger partial charge < -0.3 is 4.52 Å². The summed E-state index contributed by atoms with van der Waals surface area (Å²) in [6, 6.07) is 15.6. The molecule has 0 N–H and O–H groups in total. The number of aryl methyl sites for hydroxylation is 1. The molecular formula is C19H14N4O. The van der Waals surface area contributed by atoms with Crippen molar-refractivity contribution in [2.24, 2.45) is 0 Å². The number of aromatic nitrogens is 4. The first-order chi connectivity index (χ1) is 11.8. The molecule has 0 spiro atoms. The van der Waals surface area contributed by atoms with E-state index in [-0.39, 0.29) is 0 Å². The number of hydrogen-bond acceptors (Lipinski definition) is 5. The van der Waals surface area contributed by atoms with Crippen LogP contribution in [0.2, 0.25) is 0 Å². The third-order valence-electron chi connectivity index (χ3n) is 3.78. The van der Waals surface area contributed by atoms with E-state index >= 15 is 0 Å². The highest BCUT2D eigenvalue weighted by Gasteiger charge is 2.12. The summed E-state index contributed by atoms with van der Waals surface area (Å²) in [5.74, 6) is 1.04. The van der Waals surface area contributed by atoms with Gasteiger partial charge in [-0.2, -0.15) is 4.98 Å². The van der Waals surface area contributed by atoms with Crippen LogP contribution in [0.5, 0.6) is 0 Å². The van der Waals surface area contributed by atoms with Crippen LogP contribution in [0.4, 0.5) is 0 Å². The molecule has 0 unspecified atom stereocenters. The molecule has 0 saturated carbocycles. The van der Waals surface area contributed by atoms with E-state index in [1.54, 1.807) is 18.6 Å². The second kappa shape index (κ2) is 6.04. The van der Waals surface area contributed by atoms with Gasteiger partial charge in [-0.1, -0.05) is 29.4 Å². The number of pyridine rings is 2. The predicted octanol–water partition coefficient (Wildman–Crippen LogP) is 4.17. The summed E-state index contributed by atoms with van der Waals surface area (Å²) in [5, 5.41) is 4.08. The number of nitrogens with zero attached hydrogens (tertiary/aromatic N) is 4. The SMILES string of the molecule is Cc1ccccc1-c1noc(-c2ccc(-c3cccnc3)nc2)n1. The molecule has 4 aromatic rings. The Kier molecular flexibility index (Phi) is 3.59. The fourth-order valence-electron chi connectivity index (χ4n) is 2.48. The standard InChI is InChI=1S/C19H14N4O/c1-13-5-2-3-7-16(13)18-22-19(24-23-18)15-8-9-17(21-12-15)14-6-4-10-20-11-14/h2-12H,1H3. The topological polar surface area (TPSA) is 64.7 Å². The third kappa shape index (κ3) is 2.67. The molecule has 0 aliphatic rings. The lowest BCUT2D eigenvalue weighted by Crippen LogP contribution is -1.87. The second-order valence-electron chi connectivity index (χ2n) is 5.41. The molecule has 0 aliphatic heterocycles. The largest absolute Gasteiger partial charge is 0.334 e. The van der Waals surface area contributed by atoms with Gasteiger partial charge in [0, 0.05) is 29.7 Å². The van der Waals surface area contributed by atoms with Gasteiger partial charge in [-0.15, -0.1) is 0 Å². The smallest absolute Gasteiger partial charge is 0.259 e. The van der Waals surface area contributed by atoms with Gasteiger partial charge in [0.1, 0.15) is 0 Å². The minimum absolute atomic E-state index is 0.457. The van der Waals surface area contributed by atoms with Gasteiger partial charge >= 0.3 is 0 Å². The zero-order valence-electron chi connectivity index (χ0n) is 13.0. The molecule has 0 atom stereocenters. The first-order valence-electron chi connectivity index (χ1n) is 7.58. The molecule has 3 aromatic heterocycles. The lowest BCUT2D eigenvalue weighted by atomic mass is 10.1. The average molecular weight is 314 g/mol. The molecule has 0 bridgehead atoms. The van der Waals surface area contributed by atoms with E-state index < -0.39 is 0 Å². The normalized spacial score (nSPS) is 10.7. The van der Waals surface area contributed by atoms with Crippen LogP contribution in [0.1, 0.15) is 5.56 Å². The molecule has 5 heteroatoms. The Morgan fingerprint density at radius 1 is 0.875 bits per heavy atom. The molecule has 4 rings (SSSR count). The summed E-state index contributed by atoms with van der Waals surface area (Å²) < 4.78 is 5.39. The van der Waals surface area contributed by atoms with Crippen molar-refractivity contribution in [3.05, 3.63) is 72.7 Å². The third-order valence-corrected chi connectivity index (χ3v) is 3.78. The van der Waals surface area contributed by atoms with Crippen molar-refractivity contribution in [1.29, 1.82) is 0 Å². The molecule has 5 nitrogen and oxygen atoms in total. The first-order valence-corrected chi connectivity index (χ1v) is 7.58. The van der Waals surface area contributed by atoms with Crippen LogP contribution < -0.4 is 0 Å². The maximum Gasteiger partial charge on any atom is 0.259 e. The summed E-state index contributed by atoms with van der Waals surface area (Å²) in [6.07, 6.45) is 5.26. The van der Waals surface area contributed by atoms with Crippen LogP contribution in [0.3, 0.4) is 0 Å². The van der Waals surface area contributed by atoms with Crippen LogP contribution in [0.25, 0.3) is 34.1 Å². The molecule has 0 aliphatic carbocycles. The van der Waals surface area contributed by atoms with Crippen molar-refractivity contribution in [3.8, 4) is 34.1 Å². The van der Waals surface area contributed by atoms with Crippen LogP contribution >= 0.6 is 0 Å². The highest BCUT2D eigenvalue weighted by atomic mass is 16.5. The molecule has 1 aromatic carbocycles. The predicted molar refractivity (Wildman–Crippen MR) is 90.9 cm³/mol. The zero-order valence-corrected chi connectivity index (χ0v) is 13.0. The maximum atomic E-state index is 5.39. The van der Waals surface area contributed by atoms with Crippen molar-refractivity contribution in [3.63, 3.8) is 0 Å².